The fraction of sp³-hybridized carbons (Fsp3) is 0.143. The number of pyridine rings is 1. The summed E-state index contributed by atoms with van der Waals surface area (Å²) >= 11 is 0. The Kier molecular flexibility index (Phi) is 4.42. The molecule has 4 aromatic rings. The molecule has 0 saturated carbocycles. The highest BCUT2D eigenvalue weighted by molar-refractivity contribution is 5.76. The summed E-state index contributed by atoms with van der Waals surface area (Å²) in [4.78, 5) is 8.76. The number of rotatable bonds is 6. The molecule has 0 aliphatic carbocycles. The van der Waals surface area contributed by atoms with Gasteiger partial charge in [0.1, 0.15) is 5.52 Å². The first-order valence-corrected chi connectivity index (χ1v) is 8.37. The van der Waals surface area contributed by atoms with Crippen LogP contribution in [-0.2, 0) is 6.42 Å². The van der Waals surface area contributed by atoms with Crippen LogP contribution in [0, 0.1) is 0 Å². The van der Waals surface area contributed by atoms with Gasteiger partial charge in [-0.3, -0.25) is 0 Å². The van der Waals surface area contributed by atoms with Gasteiger partial charge in [-0.15, -0.1) is 0 Å². The van der Waals surface area contributed by atoms with E-state index in [4.69, 9.17) is 9.15 Å². The minimum Gasteiger partial charge on any atom is -0.478 e. The third-order valence-corrected chi connectivity index (χ3v) is 3.97. The minimum atomic E-state index is 0.642. The number of nitrogens with zero attached hydrogens (tertiary/aromatic N) is 2. The number of hydrogen-bond acceptors (Lipinski definition) is 4. The maximum absolute atomic E-state index is 5.85. The molecule has 25 heavy (non-hydrogen) atoms. The number of oxazole rings is 1. The van der Waals surface area contributed by atoms with Gasteiger partial charge in [0.25, 0.3) is 0 Å². The molecule has 4 rings (SSSR count). The lowest BCUT2D eigenvalue weighted by molar-refractivity contribution is 0.299. The molecule has 124 valence electrons. The molecule has 0 spiro atoms. The van der Waals surface area contributed by atoms with Crippen LogP contribution in [0.25, 0.3) is 22.6 Å². The van der Waals surface area contributed by atoms with Crippen LogP contribution in [0.3, 0.4) is 0 Å². The lowest BCUT2D eigenvalue weighted by Gasteiger charge is -2.04. The topological polar surface area (TPSA) is 48.2 Å². The van der Waals surface area contributed by atoms with E-state index in [1.165, 1.54) is 5.56 Å². The second-order valence-electron chi connectivity index (χ2n) is 5.81. The van der Waals surface area contributed by atoms with Crippen LogP contribution in [0.15, 0.2) is 77.3 Å². The van der Waals surface area contributed by atoms with Crippen molar-refractivity contribution in [2.75, 3.05) is 6.61 Å². The molecule has 4 heteroatoms. The molecule has 0 aliphatic rings. The first kappa shape index (κ1) is 15.4. The van der Waals surface area contributed by atoms with Gasteiger partial charge in [0.2, 0.25) is 11.8 Å². The SMILES string of the molecule is c1ccc(-c2nc3cc(CCCOc4ccccn4)ccc3o2)cc1. The van der Waals surface area contributed by atoms with Crippen molar-refractivity contribution in [3.8, 4) is 17.3 Å². The zero-order valence-corrected chi connectivity index (χ0v) is 13.8. The minimum absolute atomic E-state index is 0.642. The molecular formula is C21H18N2O2. The van der Waals surface area contributed by atoms with Crippen molar-refractivity contribution in [1.82, 2.24) is 9.97 Å². The Labute approximate surface area is 146 Å². The van der Waals surface area contributed by atoms with E-state index in [2.05, 4.69) is 22.1 Å². The number of aryl methyl sites for hydroxylation is 1. The van der Waals surface area contributed by atoms with E-state index in [9.17, 15) is 0 Å². The second kappa shape index (κ2) is 7.18. The smallest absolute Gasteiger partial charge is 0.227 e. The summed E-state index contributed by atoms with van der Waals surface area (Å²) in [5, 5.41) is 0. The Bertz CT molecular complexity index is 949. The fourth-order valence-electron chi connectivity index (χ4n) is 2.72. The van der Waals surface area contributed by atoms with E-state index < -0.39 is 0 Å². The molecule has 0 fully saturated rings. The van der Waals surface area contributed by atoms with Crippen LogP contribution < -0.4 is 4.74 Å². The molecule has 0 atom stereocenters. The van der Waals surface area contributed by atoms with Gasteiger partial charge in [0, 0.05) is 17.8 Å². The summed E-state index contributed by atoms with van der Waals surface area (Å²) < 4.78 is 11.5. The average Bonchev–Trinajstić information content (AvgIpc) is 3.10. The number of ether oxygens (including phenoxy) is 1. The zero-order valence-electron chi connectivity index (χ0n) is 13.8. The number of benzene rings is 2. The van der Waals surface area contributed by atoms with E-state index >= 15 is 0 Å². The third kappa shape index (κ3) is 3.69. The van der Waals surface area contributed by atoms with Gasteiger partial charge in [-0.25, -0.2) is 9.97 Å². The Morgan fingerprint density at radius 3 is 2.64 bits per heavy atom. The maximum atomic E-state index is 5.85. The van der Waals surface area contributed by atoms with Gasteiger partial charge in [-0.2, -0.15) is 0 Å². The maximum Gasteiger partial charge on any atom is 0.227 e. The molecular weight excluding hydrogens is 312 g/mol. The Morgan fingerprint density at radius 2 is 1.80 bits per heavy atom. The summed E-state index contributed by atoms with van der Waals surface area (Å²) in [7, 11) is 0. The molecule has 0 saturated heterocycles. The van der Waals surface area contributed by atoms with Gasteiger partial charge in [0.05, 0.1) is 6.61 Å². The molecule has 0 radical (unpaired) electrons. The van der Waals surface area contributed by atoms with Crippen LogP contribution in [0.1, 0.15) is 12.0 Å². The van der Waals surface area contributed by atoms with Crippen molar-refractivity contribution in [2.45, 2.75) is 12.8 Å². The van der Waals surface area contributed by atoms with Crippen LogP contribution in [0.2, 0.25) is 0 Å². The van der Waals surface area contributed by atoms with Crippen molar-refractivity contribution in [3.63, 3.8) is 0 Å². The van der Waals surface area contributed by atoms with Crippen LogP contribution >= 0.6 is 0 Å². The van der Waals surface area contributed by atoms with E-state index in [0.29, 0.717) is 18.4 Å². The molecule has 2 aromatic carbocycles. The van der Waals surface area contributed by atoms with Gasteiger partial charge < -0.3 is 9.15 Å². The first-order chi connectivity index (χ1) is 12.4. The molecule has 0 N–H and O–H groups in total. The molecule has 2 heterocycles. The van der Waals surface area contributed by atoms with E-state index in [0.717, 1.165) is 29.5 Å². The molecule has 0 amide bonds. The summed E-state index contributed by atoms with van der Waals surface area (Å²) in [6, 6.07) is 21.8. The van der Waals surface area contributed by atoms with Gasteiger partial charge in [-0.1, -0.05) is 30.3 Å². The predicted molar refractivity (Wildman–Crippen MR) is 97.5 cm³/mol. The highest BCUT2D eigenvalue weighted by atomic mass is 16.5. The number of fused-ring (bicyclic) bond motifs is 1. The highest BCUT2D eigenvalue weighted by Gasteiger charge is 2.08. The van der Waals surface area contributed by atoms with E-state index in [1.807, 2.05) is 54.6 Å². The lowest BCUT2D eigenvalue weighted by Crippen LogP contribution is -2.00. The van der Waals surface area contributed by atoms with Crippen molar-refractivity contribution in [3.05, 3.63) is 78.5 Å². The highest BCUT2D eigenvalue weighted by Crippen LogP contribution is 2.25. The van der Waals surface area contributed by atoms with Crippen molar-refractivity contribution < 1.29 is 9.15 Å². The monoisotopic (exact) mass is 330 g/mol. The largest absolute Gasteiger partial charge is 0.478 e. The van der Waals surface area contributed by atoms with Crippen LogP contribution in [-0.4, -0.2) is 16.6 Å². The quantitative estimate of drug-likeness (QED) is 0.472. The normalized spacial score (nSPS) is 10.9. The van der Waals surface area contributed by atoms with Crippen molar-refractivity contribution >= 4 is 11.1 Å². The zero-order chi connectivity index (χ0) is 16.9. The van der Waals surface area contributed by atoms with Crippen molar-refractivity contribution in [2.24, 2.45) is 0 Å². The average molecular weight is 330 g/mol. The fourth-order valence-corrected chi connectivity index (χ4v) is 2.72. The lowest BCUT2D eigenvalue weighted by atomic mass is 10.1. The Morgan fingerprint density at radius 1 is 0.920 bits per heavy atom. The van der Waals surface area contributed by atoms with Gasteiger partial charge >= 0.3 is 0 Å². The molecule has 2 aromatic heterocycles. The van der Waals surface area contributed by atoms with Gasteiger partial charge in [0.15, 0.2) is 5.58 Å². The molecule has 4 nitrogen and oxygen atoms in total. The standard InChI is InChI=1S/C21H18N2O2/c1-2-8-17(9-3-1)21-23-18-15-16(11-12-19(18)25-21)7-6-14-24-20-10-4-5-13-22-20/h1-5,8-13,15H,6-7,14H2. The van der Waals surface area contributed by atoms with Crippen LogP contribution in [0.5, 0.6) is 5.88 Å². The first-order valence-electron chi connectivity index (χ1n) is 8.37. The summed E-state index contributed by atoms with van der Waals surface area (Å²) in [5.74, 6) is 1.33. The number of hydrogen-bond donors (Lipinski definition) is 0. The summed E-state index contributed by atoms with van der Waals surface area (Å²) in [6.45, 7) is 0.642. The van der Waals surface area contributed by atoms with E-state index in [1.54, 1.807) is 6.20 Å². The summed E-state index contributed by atoms with van der Waals surface area (Å²) in [5.41, 5.74) is 3.92. The second-order valence-corrected chi connectivity index (χ2v) is 5.81. The number of aromatic nitrogens is 2. The third-order valence-electron chi connectivity index (χ3n) is 3.97. The molecule has 0 unspecified atom stereocenters. The van der Waals surface area contributed by atoms with Gasteiger partial charge in [-0.05, 0) is 48.7 Å². The Hall–Kier alpha value is -3.14. The molecule has 0 bridgehead atoms. The Balaban J connectivity index is 1.41. The summed E-state index contributed by atoms with van der Waals surface area (Å²) in [6.07, 6.45) is 3.58. The van der Waals surface area contributed by atoms with E-state index in [-0.39, 0.29) is 0 Å². The predicted octanol–water partition coefficient (Wildman–Crippen LogP) is 4.90. The van der Waals surface area contributed by atoms with Crippen LogP contribution in [0.4, 0.5) is 0 Å². The molecule has 0 aliphatic heterocycles. The van der Waals surface area contributed by atoms with Crippen molar-refractivity contribution in [1.29, 1.82) is 0 Å².